The average molecular weight is 347 g/mol. The molecule has 26 heavy (non-hydrogen) atoms. The van der Waals surface area contributed by atoms with E-state index in [-0.39, 0.29) is 11.9 Å². The number of rotatable bonds is 4. The van der Waals surface area contributed by atoms with Crippen molar-refractivity contribution >= 4 is 5.91 Å². The Morgan fingerprint density at radius 2 is 2.12 bits per heavy atom. The van der Waals surface area contributed by atoms with Crippen LogP contribution in [0, 0.1) is 6.92 Å². The summed E-state index contributed by atoms with van der Waals surface area (Å²) < 4.78 is 1.78. The van der Waals surface area contributed by atoms with Crippen LogP contribution in [0.5, 0.6) is 0 Å². The monoisotopic (exact) mass is 347 g/mol. The first-order valence-electron chi connectivity index (χ1n) is 8.89. The van der Waals surface area contributed by atoms with E-state index in [4.69, 9.17) is 0 Å². The van der Waals surface area contributed by atoms with Gasteiger partial charge in [0.05, 0.1) is 24.3 Å². The van der Waals surface area contributed by atoms with Crippen LogP contribution in [0.15, 0.2) is 48.9 Å². The Kier molecular flexibility index (Phi) is 4.48. The summed E-state index contributed by atoms with van der Waals surface area (Å²) in [5.74, 6) is 0.667. The topological polar surface area (TPSA) is 72.7 Å². The lowest BCUT2D eigenvalue weighted by Crippen LogP contribution is -2.31. The molecule has 0 unspecified atom stereocenters. The van der Waals surface area contributed by atoms with Gasteiger partial charge in [-0.1, -0.05) is 30.3 Å². The van der Waals surface area contributed by atoms with Crippen LogP contribution in [0.1, 0.15) is 51.9 Å². The van der Waals surface area contributed by atoms with E-state index in [1.54, 1.807) is 17.1 Å². The van der Waals surface area contributed by atoms with E-state index in [9.17, 15) is 4.79 Å². The van der Waals surface area contributed by atoms with Crippen molar-refractivity contribution in [1.29, 1.82) is 0 Å². The Hall–Kier alpha value is -3.02. The predicted molar refractivity (Wildman–Crippen MR) is 97.7 cm³/mol. The van der Waals surface area contributed by atoms with Crippen LogP contribution in [-0.2, 0) is 13.0 Å². The Morgan fingerprint density at radius 1 is 1.27 bits per heavy atom. The number of carbonyl (C=O) groups is 1. The summed E-state index contributed by atoms with van der Waals surface area (Å²) in [6.07, 6.45) is 8.12. The molecule has 1 aliphatic rings. The number of benzene rings is 1. The number of amides is 1. The van der Waals surface area contributed by atoms with Crippen molar-refractivity contribution in [2.24, 2.45) is 0 Å². The van der Waals surface area contributed by atoms with Gasteiger partial charge in [-0.25, -0.2) is 9.97 Å². The number of hydrogen-bond acceptors (Lipinski definition) is 4. The second kappa shape index (κ2) is 7.07. The van der Waals surface area contributed by atoms with E-state index in [1.165, 1.54) is 0 Å². The van der Waals surface area contributed by atoms with Crippen molar-refractivity contribution in [3.8, 4) is 0 Å². The van der Waals surface area contributed by atoms with Crippen molar-refractivity contribution < 1.29 is 4.79 Å². The Balaban J connectivity index is 1.46. The summed E-state index contributed by atoms with van der Waals surface area (Å²) in [6.45, 7) is 2.54. The van der Waals surface area contributed by atoms with E-state index in [0.29, 0.717) is 12.1 Å². The SMILES string of the molecule is Cc1ncc2c(n1)CCC[C@H]2NC(=O)c1cnn(Cc2ccccc2)c1. The highest BCUT2D eigenvalue weighted by atomic mass is 16.1. The number of hydrogen-bond donors (Lipinski definition) is 1. The Labute approximate surface area is 152 Å². The van der Waals surface area contributed by atoms with Crippen molar-refractivity contribution in [3.05, 3.63) is 77.1 Å². The van der Waals surface area contributed by atoms with Gasteiger partial charge in [0.25, 0.3) is 5.91 Å². The highest BCUT2D eigenvalue weighted by Crippen LogP contribution is 2.28. The zero-order chi connectivity index (χ0) is 17.9. The number of aromatic nitrogens is 4. The fourth-order valence-electron chi connectivity index (χ4n) is 3.38. The minimum absolute atomic E-state index is 0.0377. The molecule has 0 saturated carbocycles. The van der Waals surface area contributed by atoms with Gasteiger partial charge in [-0.2, -0.15) is 5.10 Å². The third kappa shape index (κ3) is 3.49. The molecule has 3 aromatic rings. The minimum Gasteiger partial charge on any atom is -0.345 e. The molecule has 1 aromatic carbocycles. The Bertz CT molecular complexity index is 919. The van der Waals surface area contributed by atoms with Crippen molar-refractivity contribution in [3.63, 3.8) is 0 Å². The molecule has 0 saturated heterocycles. The zero-order valence-electron chi connectivity index (χ0n) is 14.7. The standard InChI is InChI=1S/C20H21N5O/c1-14-21-11-17-18(23-14)8-5-9-19(17)24-20(26)16-10-22-25(13-16)12-15-6-3-2-4-7-15/h2-4,6-7,10-11,13,19H,5,8-9,12H2,1H3,(H,24,26)/t19-/m1/s1. The van der Waals surface area contributed by atoms with Crippen LogP contribution in [0.4, 0.5) is 0 Å². The fraction of sp³-hybridized carbons (Fsp3) is 0.300. The van der Waals surface area contributed by atoms with E-state index in [0.717, 1.165) is 41.9 Å². The van der Waals surface area contributed by atoms with Crippen LogP contribution in [0.3, 0.4) is 0 Å². The molecule has 6 nitrogen and oxygen atoms in total. The smallest absolute Gasteiger partial charge is 0.254 e. The van der Waals surface area contributed by atoms with Crippen LogP contribution >= 0.6 is 0 Å². The van der Waals surface area contributed by atoms with Gasteiger partial charge in [0, 0.05) is 23.7 Å². The molecule has 0 aliphatic heterocycles. The Morgan fingerprint density at radius 3 is 2.96 bits per heavy atom. The minimum atomic E-state index is -0.109. The maximum atomic E-state index is 12.7. The highest BCUT2D eigenvalue weighted by molar-refractivity contribution is 5.94. The molecular weight excluding hydrogens is 326 g/mol. The van der Waals surface area contributed by atoms with Crippen molar-refractivity contribution in [2.75, 3.05) is 0 Å². The average Bonchev–Trinajstić information content (AvgIpc) is 3.11. The summed E-state index contributed by atoms with van der Waals surface area (Å²) in [5.41, 5.74) is 3.80. The molecule has 2 heterocycles. The molecule has 1 atom stereocenters. The summed E-state index contributed by atoms with van der Waals surface area (Å²) >= 11 is 0. The largest absolute Gasteiger partial charge is 0.345 e. The number of nitrogens with zero attached hydrogens (tertiary/aromatic N) is 4. The molecule has 0 fully saturated rings. The van der Waals surface area contributed by atoms with E-state index >= 15 is 0 Å². The molecule has 1 N–H and O–H groups in total. The lowest BCUT2D eigenvalue weighted by Gasteiger charge is -2.25. The van der Waals surface area contributed by atoms with E-state index < -0.39 is 0 Å². The second-order valence-electron chi connectivity index (χ2n) is 6.65. The van der Waals surface area contributed by atoms with Crippen LogP contribution in [0.2, 0.25) is 0 Å². The number of aryl methyl sites for hydroxylation is 2. The molecule has 2 aromatic heterocycles. The van der Waals surface area contributed by atoms with Gasteiger partial charge in [-0.3, -0.25) is 9.48 Å². The first-order valence-corrected chi connectivity index (χ1v) is 8.89. The molecule has 132 valence electrons. The molecule has 0 radical (unpaired) electrons. The van der Waals surface area contributed by atoms with Gasteiger partial charge in [-0.15, -0.1) is 0 Å². The lowest BCUT2D eigenvalue weighted by atomic mass is 9.92. The molecule has 0 spiro atoms. The lowest BCUT2D eigenvalue weighted by molar-refractivity contribution is 0.0932. The second-order valence-corrected chi connectivity index (χ2v) is 6.65. The third-order valence-corrected chi connectivity index (χ3v) is 4.69. The summed E-state index contributed by atoms with van der Waals surface area (Å²) in [7, 11) is 0. The van der Waals surface area contributed by atoms with Crippen LogP contribution in [-0.4, -0.2) is 25.7 Å². The molecule has 4 rings (SSSR count). The molecule has 1 amide bonds. The first-order chi connectivity index (χ1) is 12.7. The van der Waals surface area contributed by atoms with Gasteiger partial charge in [0.1, 0.15) is 5.82 Å². The van der Waals surface area contributed by atoms with Crippen LogP contribution < -0.4 is 5.32 Å². The number of nitrogens with one attached hydrogen (secondary N) is 1. The predicted octanol–water partition coefficient (Wildman–Crippen LogP) is 2.84. The summed E-state index contributed by atoms with van der Waals surface area (Å²) in [6, 6.07) is 10.0. The number of fused-ring (bicyclic) bond motifs is 1. The zero-order valence-corrected chi connectivity index (χ0v) is 14.7. The summed E-state index contributed by atoms with van der Waals surface area (Å²) in [5, 5.41) is 7.43. The molecular formula is C20H21N5O. The first kappa shape index (κ1) is 16.4. The fourth-order valence-corrected chi connectivity index (χ4v) is 3.38. The maximum absolute atomic E-state index is 12.7. The molecule has 1 aliphatic carbocycles. The molecule has 6 heteroatoms. The van der Waals surface area contributed by atoms with Crippen LogP contribution in [0.25, 0.3) is 0 Å². The van der Waals surface area contributed by atoms with Gasteiger partial charge < -0.3 is 5.32 Å². The quantitative estimate of drug-likeness (QED) is 0.788. The normalized spacial score (nSPS) is 16.1. The van der Waals surface area contributed by atoms with Crippen molar-refractivity contribution in [2.45, 2.75) is 38.8 Å². The van der Waals surface area contributed by atoms with Gasteiger partial charge in [0.15, 0.2) is 0 Å². The van der Waals surface area contributed by atoms with E-state index in [1.807, 2.05) is 43.5 Å². The van der Waals surface area contributed by atoms with Crippen molar-refractivity contribution in [1.82, 2.24) is 25.1 Å². The summed E-state index contributed by atoms with van der Waals surface area (Å²) in [4.78, 5) is 21.5. The third-order valence-electron chi connectivity index (χ3n) is 4.69. The number of carbonyl (C=O) groups excluding carboxylic acids is 1. The molecule has 0 bridgehead atoms. The van der Waals surface area contributed by atoms with Gasteiger partial charge in [-0.05, 0) is 31.7 Å². The van der Waals surface area contributed by atoms with E-state index in [2.05, 4.69) is 20.4 Å². The maximum Gasteiger partial charge on any atom is 0.254 e. The highest BCUT2D eigenvalue weighted by Gasteiger charge is 2.24. The van der Waals surface area contributed by atoms with Gasteiger partial charge >= 0.3 is 0 Å². The van der Waals surface area contributed by atoms with Gasteiger partial charge in [0.2, 0.25) is 0 Å².